The summed E-state index contributed by atoms with van der Waals surface area (Å²) in [4.78, 5) is 4.86. The predicted molar refractivity (Wildman–Crippen MR) is 306 cm³/mol. The van der Waals surface area contributed by atoms with Gasteiger partial charge in [-0.3, -0.25) is 0 Å². The Hall–Kier alpha value is -8.46. The fraction of sp³-hybridized carbons (Fsp3) is 0.114. The Labute approximate surface area is 424 Å². The fourth-order valence-electron chi connectivity index (χ4n) is 12.4. The first-order chi connectivity index (χ1) is 35.0. The van der Waals surface area contributed by atoms with Gasteiger partial charge in [0.25, 0.3) is 0 Å². The maximum Gasteiger partial charge on any atom is 0.0467 e. The molecule has 72 heavy (non-hydrogen) atoms. The maximum atomic E-state index is 2.56. The molecule has 0 heterocycles. The number of para-hydroxylation sites is 2. The molecule has 0 saturated heterocycles. The summed E-state index contributed by atoms with van der Waals surface area (Å²) >= 11 is 0. The van der Waals surface area contributed by atoms with Gasteiger partial charge in [0.05, 0.1) is 0 Å². The first kappa shape index (κ1) is 43.6. The molecule has 0 bridgehead atoms. The smallest absolute Gasteiger partial charge is 0.0467 e. The zero-order valence-corrected chi connectivity index (χ0v) is 41.8. The van der Waals surface area contributed by atoms with Crippen LogP contribution in [0.1, 0.15) is 61.1 Å². The van der Waals surface area contributed by atoms with E-state index in [-0.39, 0.29) is 10.8 Å². The van der Waals surface area contributed by atoms with Crippen molar-refractivity contribution in [2.45, 2.75) is 52.4 Å². The Balaban J connectivity index is 0.881. The van der Waals surface area contributed by atoms with E-state index in [9.17, 15) is 0 Å². The number of hydrogen-bond acceptors (Lipinski definition) is 2. The number of anilines is 6. The van der Waals surface area contributed by atoms with E-state index in [0.29, 0.717) is 0 Å². The van der Waals surface area contributed by atoms with Gasteiger partial charge >= 0.3 is 0 Å². The summed E-state index contributed by atoms with van der Waals surface area (Å²) in [6.45, 7) is 14.4. The van der Waals surface area contributed by atoms with E-state index in [4.69, 9.17) is 0 Å². The van der Waals surface area contributed by atoms with Gasteiger partial charge in [0.2, 0.25) is 0 Å². The third kappa shape index (κ3) is 6.84. The van der Waals surface area contributed by atoms with Crippen molar-refractivity contribution in [1.82, 2.24) is 0 Å². The summed E-state index contributed by atoms with van der Waals surface area (Å²) in [6.07, 6.45) is 0. The van der Waals surface area contributed by atoms with E-state index >= 15 is 0 Å². The molecule has 0 saturated carbocycles. The van der Waals surface area contributed by atoms with Crippen molar-refractivity contribution in [3.05, 3.63) is 264 Å². The van der Waals surface area contributed by atoms with Crippen LogP contribution in [0.5, 0.6) is 0 Å². The molecular formula is C70H56N2. The van der Waals surface area contributed by atoms with Gasteiger partial charge in [-0.05, 0) is 198 Å². The van der Waals surface area contributed by atoms with Crippen molar-refractivity contribution in [2.24, 2.45) is 0 Å². The Morgan fingerprint density at radius 2 is 0.625 bits per heavy atom. The maximum absolute atomic E-state index is 2.56. The molecule has 0 unspecified atom stereocenters. The molecule has 346 valence electrons. The molecule has 0 spiro atoms. The second kappa shape index (κ2) is 16.6. The summed E-state index contributed by atoms with van der Waals surface area (Å²) in [5, 5.41) is 5.05. The van der Waals surface area contributed by atoms with Gasteiger partial charge in [-0.2, -0.15) is 0 Å². The average molecular weight is 925 g/mol. The van der Waals surface area contributed by atoms with Crippen LogP contribution < -0.4 is 9.80 Å². The minimum atomic E-state index is -0.232. The standard InChI is InChI=1S/C70H56N2/c1-45-39-55(71(51-23-9-7-10-24-51)53-35-31-49(32-36-53)59-29-17-21-47-19-13-15-27-57(47)59)41-65-67(45)61-43-64-62(44-63(61)69(65,3)4)68-46(2)40-56(42-66(68)70(64,5)6)72(52-25-11-8-12-26-52)54-37-33-50(34-38-54)60-30-18-22-48-20-14-16-28-58(48)60/h7-44H,1-6H3. The van der Waals surface area contributed by atoms with Crippen LogP contribution in [0.2, 0.25) is 0 Å². The summed E-state index contributed by atoms with van der Waals surface area (Å²) in [5.74, 6) is 0. The Bertz CT molecular complexity index is 3650. The van der Waals surface area contributed by atoms with Crippen LogP contribution in [0.3, 0.4) is 0 Å². The lowest BCUT2D eigenvalue weighted by Gasteiger charge is -2.29. The van der Waals surface area contributed by atoms with E-state index in [1.807, 2.05) is 0 Å². The van der Waals surface area contributed by atoms with Gasteiger partial charge in [-0.15, -0.1) is 0 Å². The molecular weight excluding hydrogens is 869 g/mol. The molecule has 11 aromatic carbocycles. The first-order valence-electron chi connectivity index (χ1n) is 25.4. The van der Waals surface area contributed by atoms with Gasteiger partial charge in [-0.25, -0.2) is 0 Å². The molecule has 0 atom stereocenters. The lowest BCUT2D eigenvalue weighted by molar-refractivity contribution is 0.652. The molecule has 0 radical (unpaired) electrons. The van der Waals surface area contributed by atoms with Crippen LogP contribution in [0.25, 0.3) is 66.1 Å². The molecule has 13 rings (SSSR count). The molecule has 2 aliphatic rings. The Kier molecular flexibility index (Phi) is 10.0. The third-order valence-corrected chi connectivity index (χ3v) is 16.0. The molecule has 0 aromatic heterocycles. The number of fused-ring (bicyclic) bond motifs is 8. The predicted octanol–water partition coefficient (Wildman–Crippen LogP) is 19.5. The Morgan fingerprint density at radius 3 is 1.03 bits per heavy atom. The van der Waals surface area contributed by atoms with E-state index in [1.165, 1.54) is 111 Å². The van der Waals surface area contributed by atoms with Gasteiger partial charge in [0.15, 0.2) is 0 Å². The quantitative estimate of drug-likeness (QED) is 0.150. The number of nitrogens with zero attached hydrogens (tertiary/aromatic N) is 2. The second-order valence-electron chi connectivity index (χ2n) is 21.1. The number of rotatable bonds is 8. The van der Waals surface area contributed by atoms with E-state index in [1.54, 1.807) is 0 Å². The van der Waals surface area contributed by atoms with Crippen LogP contribution >= 0.6 is 0 Å². The largest absolute Gasteiger partial charge is 0.310 e. The molecule has 0 fully saturated rings. The third-order valence-electron chi connectivity index (χ3n) is 16.0. The molecule has 2 nitrogen and oxygen atoms in total. The summed E-state index contributed by atoms with van der Waals surface area (Å²) < 4.78 is 0. The summed E-state index contributed by atoms with van der Waals surface area (Å²) in [7, 11) is 0. The molecule has 0 amide bonds. The lowest BCUT2D eigenvalue weighted by Crippen LogP contribution is -2.18. The van der Waals surface area contributed by atoms with Crippen molar-refractivity contribution < 1.29 is 0 Å². The topological polar surface area (TPSA) is 6.48 Å². The fourth-order valence-corrected chi connectivity index (χ4v) is 12.4. The average Bonchev–Trinajstić information content (AvgIpc) is 3.77. The van der Waals surface area contributed by atoms with Crippen LogP contribution in [0, 0.1) is 13.8 Å². The minimum absolute atomic E-state index is 0.232. The molecule has 2 aliphatic carbocycles. The molecule has 0 N–H and O–H groups in total. The highest BCUT2D eigenvalue weighted by molar-refractivity contribution is 5.99. The monoisotopic (exact) mass is 924 g/mol. The first-order valence-corrected chi connectivity index (χ1v) is 25.4. The number of benzene rings is 11. The van der Waals surface area contributed by atoms with Crippen molar-refractivity contribution in [2.75, 3.05) is 9.80 Å². The molecule has 0 aliphatic heterocycles. The highest BCUT2D eigenvalue weighted by Crippen LogP contribution is 2.59. The van der Waals surface area contributed by atoms with Gasteiger partial charge < -0.3 is 9.80 Å². The second-order valence-corrected chi connectivity index (χ2v) is 21.1. The zero-order valence-electron chi connectivity index (χ0n) is 41.8. The molecule has 11 aromatic rings. The number of hydrogen-bond donors (Lipinski definition) is 0. The number of aryl methyl sites for hydroxylation is 2. The summed E-state index contributed by atoms with van der Waals surface area (Å²) in [6, 6.07) is 85.3. The highest BCUT2D eigenvalue weighted by Gasteiger charge is 2.43. The van der Waals surface area contributed by atoms with E-state index in [2.05, 4.69) is 282 Å². The van der Waals surface area contributed by atoms with Crippen molar-refractivity contribution in [1.29, 1.82) is 0 Å². The zero-order chi connectivity index (χ0) is 48.9. The Morgan fingerprint density at radius 1 is 0.278 bits per heavy atom. The van der Waals surface area contributed by atoms with Crippen LogP contribution in [-0.4, -0.2) is 0 Å². The normalized spacial score (nSPS) is 13.6. The van der Waals surface area contributed by atoms with Gasteiger partial charge in [-0.1, -0.05) is 173 Å². The minimum Gasteiger partial charge on any atom is -0.310 e. The lowest BCUT2D eigenvalue weighted by atomic mass is 9.79. The van der Waals surface area contributed by atoms with Crippen molar-refractivity contribution in [3.8, 4) is 44.5 Å². The van der Waals surface area contributed by atoms with Gasteiger partial charge in [0.1, 0.15) is 0 Å². The van der Waals surface area contributed by atoms with Crippen LogP contribution in [0.4, 0.5) is 34.1 Å². The van der Waals surface area contributed by atoms with Crippen molar-refractivity contribution in [3.63, 3.8) is 0 Å². The SMILES string of the molecule is Cc1cc(N(c2ccccc2)c2ccc(-c3cccc4ccccc34)cc2)cc2c1-c1cc3c(cc1C2(C)C)-c1c(C)cc(N(c2ccccc2)c2ccc(-c4cccc5ccccc45)cc2)cc1C3(C)C. The highest BCUT2D eigenvalue weighted by atomic mass is 15.1. The van der Waals surface area contributed by atoms with Gasteiger partial charge in [0, 0.05) is 45.0 Å². The van der Waals surface area contributed by atoms with Crippen LogP contribution in [-0.2, 0) is 10.8 Å². The van der Waals surface area contributed by atoms with E-state index < -0.39 is 0 Å². The van der Waals surface area contributed by atoms with Crippen LogP contribution in [0.15, 0.2) is 231 Å². The van der Waals surface area contributed by atoms with E-state index in [0.717, 1.165) is 22.7 Å². The summed E-state index contributed by atoms with van der Waals surface area (Å²) in [5.41, 5.74) is 24.9. The molecule has 2 heteroatoms. The van der Waals surface area contributed by atoms with Crippen molar-refractivity contribution >= 4 is 55.7 Å².